The van der Waals surface area contributed by atoms with Crippen LogP contribution in [0.4, 0.5) is 11.6 Å². The number of benzene rings is 3. The van der Waals surface area contributed by atoms with Crippen LogP contribution in [0, 0.1) is 13.8 Å². The number of aromatic nitrogens is 3. The predicted octanol–water partition coefficient (Wildman–Crippen LogP) is 6.91. The lowest BCUT2D eigenvalue weighted by Crippen LogP contribution is -2.31. The first-order valence-corrected chi connectivity index (χ1v) is 14.7. The van der Waals surface area contributed by atoms with Gasteiger partial charge in [0.15, 0.2) is 11.5 Å². The minimum Gasteiger partial charge on any atom is -0.493 e. The average Bonchev–Trinajstić information content (AvgIpc) is 3.37. The van der Waals surface area contributed by atoms with Gasteiger partial charge in [-0.1, -0.05) is 72.8 Å². The van der Waals surface area contributed by atoms with E-state index in [9.17, 15) is 4.79 Å². The molecule has 1 unspecified atom stereocenters. The Kier molecular flexibility index (Phi) is 8.64. The molecule has 0 saturated heterocycles. The second-order valence-electron chi connectivity index (χ2n) is 10.0. The molecule has 1 aliphatic rings. The van der Waals surface area contributed by atoms with Crippen LogP contribution in [-0.2, 0) is 11.4 Å². The summed E-state index contributed by atoms with van der Waals surface area (Å²) < 4.78 is 13.7. The molecule has 0 fully saturated rings. The van der Waals surface area contributed by atoms with Crippen LogP contribution in [0.15, 0.2) is 83.2 Å². The van der Waals surface area contributed by atoms with Crippen molar-refractivity contribution >= 4 is 29.3 Å². The first-order chi connectivity index (χ1) is 19.9. The highest BCUT2D eigenvalue weighted by Crippen LogP contribution is 2.40. The van der Waals surface area contributed by atoms with Crippen LogP contribution in [0.3, 0.4) is 0 Å². The van der Waals surface area contributed by atoms with E-state index in [1.807, 2.05) is 68.4 Å². The summed E-state index contributed by atoms with van der Waals surface area (Å²) in [5.74, 6) is 2.49. The molecule has 41 heavy (non-hydrogen) atoms. The highest BCUT2D eigenvalue weighted by molar-refractivity contribution is 7.99. The number of hydrogen-bond acceptors (Lipinski definition) is 7. The number of methoxy groups -OCH3 is 1. The summed E-state index contributed by atoms with van der Waals surface area (Å²) in [6.07, 6.45) is 1.01. The zero-order chi connectivity index (χ0) is 28.9. The number of para-hydroxylation sites is 1. The second-order valence-corrected chi connectivity index (χ2v) is 11.1. The topological polar surface area (TPSA) is 90.3 Å². The molecule has 3 aromatic carbocycles. The molecule has 4 aromatic rings. The van der Waals surface area contributed by atoms with E-state index in [0.717, 1.165) is 34.6 Å². The SMILES string of the molecule is CCCSc1nc2n(n1)C(c1ccc(OCc3cccc(C)c3)c(OC)c1)C(C(=O)Nc1ccccc1C)=C(C)N2. The summed E-state index contributed by atoms with van der Waals surface area (Å²) in [4.78, 5) is 18.6. The van der Waals surface area contributed by atoms with Gasteiger partial charge in [0, 0.05) is 17.1 Å². The van der Waals surface area contributed by atoms with Crippen molar-refractivity contribution in [3.8, 4) is 11.5 Å². The maximum absolute atomic E-state index is 13.9. The van der Waals surface area contributed by atoms with Gasteiger partial charge in [-0.3, -0.25) is 4.79 Å². The molecule has 8 nitrogen and oxygen atoms in total. The normalized spacial score (nSPS) is 14.3. The van der Waals surface area contributed by atoms with E-state index >= 15 is 0 Å². The third-order valence-electron chi connectivity index (χ3n) is 6.89. The van der Waals surface area contributed by atoms with E-state index < -0.39 is 6.04 Å². The first kappa shape index (κ1) is 28.3. The Labute approximate surface area is 245 Å². The van der Waals surface area contributed by atoms with Crippen molar-refractivity contribution < 1.29 is 14.3 Å². The summed E-state index contributed by atoms with van der Waals surface area (Å²) >= 11 is 1.60. The summed E-state index contributed by atoms with van der Waals surface area (Å²) in [6, 6.07) is 21.2. The molecule has 5 rings (SSSR count). The van der Waals surface area contributed by atoms with Crippen LogP contribution in [0.5, 0.6) is 11.5 Å². The van der Waals surface area contributed by atoms with Gasteiger partial charge in [-0.25, -0.2) is 4.68 Å². The largest absolute Gasteiger partial charge is 0.493 e. The Balaban J connectivity index is 1.52. The van der Waals surface area contributed by atoms with Gasteiger partial charge in [0.25, 0.3) is 5.91 Å². The molecule has 0 saturated carbocycles. The fraction of sp³-hybridized carbons (Fsp3) is 0.281. The first-order valence-electron chi connectivity index (χ1n) is 13.7. The molecule has 1 amide bonds. The molecule has 0 spiro atoms. The van der Waals surface area contributed by atoms with Gasteiger partial charge in [0.2, 0.25) is 11.1 Å². The predicted molar refractivity (Wildman–Crippen MR) is 164 cm³/mol. The van der Waals surface area contributed by atoms with E-state index in [0.29, 0.717) is 40.5 Å². The fourth-order valence-electron chi connectivity index (χ4n) is 4.83. The van der Waals surface area contributed by atoms with Gasteiger partial charge in [-0.05, 0) is 62.1 Å². The van der Waals surface area contributed by atoms with Gasteiger partial charge in [-0.2, -0.15) is 4.98 Å². The van der Waals surface area contributed by atoms with Crippen molar-refractivity contribution in [2.24, 2.45) is 0 Å². The number of nitrogens with zero attached hydrogens (tertiary/aromatic N) is 3. The second kappa shape index (κ2) is 12.5. The quantitative estimate of drug-likeness (QED) is 0.201. The number of carbonyl (C=O) groups is 1. The Morgan fingerprint density at radius 2 is 1.88 bits per heavy atom. The maximum Gasteiger partial charge on any atom is 0.255 e. The van der Waals surface area contributed by atoms with E-state index in [1.54, 1.807) is 23.6 Å². The van der Waals surface area contributed by atoms with Gasteiger partial charge in [-0.15, -0.1) is 5.10 Å². The maximum atomic E-state index is 13.9. The van der Waals surface area contributed by atoms with Crippen molar-refractivity contribution in [3.63, 3.8) is 0 Å². The molecular weight excluding hydrogens is 534 g/mol. The van der Waals surface area contributed by atoms with Gasteiger partial charge in [0.1, 0.15) is 12.6 Å². The fourth-order valence-corrected chi connectivity index (χ4v) is 5.51. The number of ether oxygens (including phenoxy) is 2. The van der Waals surface area contributed by atoms with E-state index in [2.05, 4.69) is 36.6 Å². The molecule has 2 N–H and O–H groups in total. The van der Waals surface area contributed by atoms with E-state index in [4.69, 9.17) is 19.6 Å². The lowest BCUT2D eigenvalue weighted by Gasteiger charge is -2.29. The number of rotatable bonds is 10. The van der Waals surface area contributed by atoms with Crippen LogP contribution in [0.2, 0.25) is 0 Å². The highest BCUT2D eigenvalue weighted by Gasteiger charge is 2.35. The highest BCUT2D eigenvalue weighted by atomic mass is 32.2. The van der Waals surface area contributed by atoms with Gasteiger partial charge < -0.3 is 20.1 Å². The lowest BCUT2D eigenvalue weighted by molar-refractivity contribution is -0.113. The number of carbonyl (C=O) groups excluding carboxylic acids is 1. The third-order valence-corrected chi connectivity index (χ3v) is 7.93. The lowest BCUT2D eigenvalue weighted by atomic mass is 9.94. The zero-order valence-electron chi connectivity index (χ0n) is 24.0. The number of allylic oxidation sites excluding steroid dienone is 1. The van der Waals surface area contributed by atoms with Crippen LogP contribution in [0.1, 0.15) is 48.6 Å². The molecular formula is C32H35N5O3S. The molecule has 1 atom stereocenters. The number of hydrogen-bond donors (Lipinski definition) is 2. The van der Waals surface area contributed by atoms with Crippen molar-refractivity contribution in [2.75, 3.05) is 23.5 Å². The molecule has 9 heteroatoms. The van der Waals surface area contributed by atoms with Crippen molar-refractivity contribution in [1.29, 1.82) is 0 Å². The minimum atomic E-state index is -0.529. The number of nitrogens with one attached hydrogen (secondary N) is 2. The van der Waals surface area contributed by atoms with E-state index in [1.165, 1.54) is 5.56 Å². The minimum absolute atomic E-state index is 0.211. The van der Waals surface area contributed by atoms with Crippen LogP contribution < -0.4 is 20.1 Å². The molecule has 1 aliphatic heterocycles. The summed E-state index contributed by atoms with van der Waals surface area (Å²) in [6.45, 7) is 8.47. The molecule has 0 radical (unpaired) electrons. The summed E-state index contributed by atoms with van der Waals surface area (Å²) in [5.41, 5.74) is 6.10. The monoisotopic (exact) mass is 569 g/mol. The number of anilines is 2. The zero-order valence-corrected chi connectivity index (χ0v) is 24.8. The molecule has 212 valence electrons. The number of fused-ring (bicyclic) bond motifs is 1. The molecule has 1 aromatic heterocycles. The summed E-state index contributed by atoms with van der Waals surface area (Å²) in [5, 5.41) is 11.9. The average molecular weight is 570 g/mol. The smallest absolute Gasteiger partial charge is 0.255 e. The van der Waals surface area contributed by atoms with E-state index in [-0.39, 0.29) is 5.91 Å². The van der Waals surface area contributed by atoms with Gasteiger partial charge >= 0.3 is 0 Å². The number of amides is 1. The molecule has 2 heterocycles. The Hall–Kier alpha value is -4.24. The molecule has 0 bridgehead atoms. The number of aryl methyl sites for hydroxylation is 2. The number of thioether (sulfide) groups is 1. The third kappa shape index (κ3) is 6.25. The van der Waals surface area contributed by atoms with Crippen LogP contribution >= 0.6 is 11.8 Å². The Bertz CT molecular complexity index is 1600. The molecule has 0 aliphatic carbocycles. The van der Waals surface area contributed by atoms with Crippen LogP contribution in [0.25, 0.3) is 0 Å². The summed E-state index contributed by atoms with van der Waals surface area (Å²) in [7, 11) is 1.62. The van der Waals surface area contributed by atoms with Gasteiger partial charge in [0.05, 0.1) is 12.7 Å². The van der Waals surface area contributed by atoms with Crippen molar-refractivity contribution in [2.45, 2.75) is 51.9 Å². The standard InChI is InChI=1S/C32H35N5O3S/c1-6-16-41-32-35-31-33-22(4)28(30(38)34-25-13-8-7-11-21(25)3)29(37(31)36-32)24-14-15-26(27(18-24)39-5)40-19-23-12-9-10-20(2)17-23/h7-15,17-18,29H,6,16,19H2,1-5H3,(H,34,38)(H,33,35,36). The van der Waals surface area contributed by atoms with Crippen molar-refractivity contribution in [1.82, 2.24) is 14.8 Å². The Morgan fingerprint density at radius 3 is 2.63 bits per heavy atom. The van der Waals surface area contributed by atoms with Crippen LogP contribution in [-0.4, -0.2) is 33.5 Å². The van der Waals surface area contributed by atoms with Crippen molar-refractivity contribution in [3.05, 3.63) is 100 Å². The Morgan fingerprint density at radius 1 is 1.05 bits per heavy atom.